The van der Waals surface area contributed by atoms with Gasteiger partial charge in [-0.15, -0.1) is 0 Å². The van der Waals surface area contributed by atoms with Gasteiger partial charge in [0.05, 0.1) is 11.8 Å². The molecule has 2 rings (SSSR count). The highest BCUT2D eigenvalue weighted by Crippen LogP contribution is 2.35. The minimum absolute atomic E-state index is 0.0235. The Morgan fingerprint density at radius 3 is 2.42 bits per heavy atom. The Kier molecular flexibility index (Phi) is 6.37. The lowest BCUT2D eigenvalue weighted by atomic mass is 9.72. The lowest BCUT2D eigenvalue weighted by Crippen LogP contribution is -2.53. The Labute approximate surface area is 144 Å². The van der Waals surface area contributed by atoms with E-state index in [2.05, 4.69) is 17.3 Å². The van der Waals surface area contributed by atoms with Crippen molar-refractivity contribution in [3.05, 3.63) is 35.9 Å². The maximum atomic E-state index is 13.2. The summed E-state index contributed by atoms with van der Waals surface area (Å²) < 4.78 is 0. The van der Waals surface area contributed by atoms with E-state index in [1.807, 2.05) is 37.3 Å². The number of benzene rings is 1. The van der Waals surface area contributed by atoms with Crippen molar-refractivity contribution in [3.8, 4) is 0 Å². The van der Waals surface area contributed by atoms with Crippen molar-refractivity contribution in [2.24, 2.45) is 0 Å². The van der Waals surface area contributed by atoms with Gasteiger partial charge in [0.25, 0.3) is 0 Å². The first-order chi connectivity index (χ1) is 11.5. The van der Waals surface area contributed by atoms with E-state index in [1.54, 1.807) is 0 Å². The van der Waals surface area contributed by atoms with Crippen LogP contribution in [0.25, 0.3) is 0 Å². The summed E-state index contributed by atoms with van der Waals surface area (Å²) in [7, 11) is 2.07. The van der Waals surface area contributed by atoms with Crippen LogP contribution in [0.3, 0.4) is 0 Å². The molecule has 0 aromatic heterocycles. The molecular formula is C19H28N2O3. The van der Waals surface area contributed by atoms with Crippen molar-refractivity contribution in [2.75, 3.05) is 20.1 Å². The fraction of sp³-hybridized carbons (Fsp3) is 0.579. The van der Waals surface area contributed by atoms with Gasteiger partial charge in [0, 0.05) is 6.04 Å². The molecule has 1 aromatic carbocycles. The van der Waals surface area contributed by atoms with Crippen LogP contribution < -0.4 is 5.32 Å². The molecule has 0 unspecified atom stereocenters. The monoisotopic (exact) mass is 332 g/mol. The summed E-state index contributed by atoms with van der Waals surface area (Å²) in [5.74, 6) is -0.896. The van der Waals surface area contributed by atoms with Gasteiger partial charge in [0.2, 0.25) is 5.91 Å². The third-order valence-corrected chi connectivity index (χ3v) is 4.99. The van der Waals surface area contributed by atoms with E-state index in [4.69, 9.17) is 5.11 Å². The molecule has 0 spiro atoms. The predicted octanol–water partition coefficient (Wildman–Crippen LogP) is 2.41. The molecule has 1 saturated heterocycles. The Hall–Kier alpha value is -1.88. The first-order valence-corrected chi connectivity index (χ1v) is 8.75. The summed E-state index contributed by atoms with van der Waals surface area (Å²) in [5, 5.41) is 12.1. The summed E-state index contributed by atoms with van der Waals surface area (Å²) in [4.78, 5) is 26.5. The van der Waals surface area contributed by atoms with Gasteiger partial charge in [0.1, 0.15) is 0 Å². The molecule has 0 bridgehead atoms. The van der Waals surface area contributed by atoms with Gasteiger partial charge in [-0.3, -0.25) is 9.59 Å². The quantitative estimate of drug-likeness (QED) is 0.804. The summed E-state index contributed by atoms with van der Waals surface area (Å²) in [6, 6.07) is 9.59. The van der Waals surface area contributed by atoms with E-state index < -0.39 is 11.4 Å². The van der Waals surface area contributed by atoms with Crippen LogP contribution in [0.15, 0.2) is 30.3 Å². The Balaban J connectivity index is 2.23. The molecule has 5 heteroatoms. The number of carboxylic acids is 1. The third kappa shape index (κ3) is 4.35. The second-order valence-corrected chi connectivity index (χ2v) is 6.81. The average molecular weight is 332 g/mol. The SMILES string of the molecule is CCC[C@H](CC(=O)O)NC(=O)C1(c2ccccc2)CCN(C)CC1. The summed E-state index contributed by atoms with van der Waals surface area (Å²) in [6.07, 6.45) is 3.02. The maximum Gasteiger partial charge on any atom is 0.305 e. The molecule has 1 aliphatic heterocycles. The number of hydrogen-bond acceptors (Lipinski definition) is 3. The smallest absolute Gasteiger partial charge is 0.305 e. The van der Waals surface area contributed by atoms with E-state index in [1.165, 1.54) is 0 Å². The van der Waals surface area contributed by atoms with Gasteiger partial charge in [0.15, 0.2) is 0 Å². The molecule has 132 valence electrons. The highest BCUT2D eigenvalue weighted by molar-refractivity contribution is 5.89. The van der Waals surface area contributed by atoms with Gasteiger partial charge in [-0.2, -0.15) is 0 Å². The second-order valence-electron chi connectivity index (χ2n) is 6.81. The number of amides is 1. The predicted molar refractivity (Wildman–Crippen MR) is 93.9 cm³/mol. The van der Waals surface area contributed by atoms with Gasteiger partial charge in [-0.25, -0.2) is 0 Å². The van der Waals surface area contributed by atoms with Gasteiger partial charge in [-0.1, -0.05) is 43.7 Å². The number of likely N-dealkylation sites (tertiary alicyclic amines) is 1. The number of hydrogen-bond donors (Lipinski definition) is 2. The largest absolute Gasteiger partial charge is 0.481 e. The number of rotatable bonds is 7. The molecule has 1 amide bonds. The van der Waals surface area contributed by atoms with Gasteiger partial charge < -0.3 is 15.3 Å². The zero-order valence-electron chi connectivity index (χ0n) is 14.6. The van der Waals surface area contributed by atoms with E-state index >= 15 is 0 Å². The number of piperidine rings is 1. The molecule has 1 fully saturated rings. The van der Waals surface area contributed by atoms with E-state index in [-0.39, 0.29) is 18.4 Å². The minimum atomic E-state index is -0.870. The highest BCUT2D eigenvalue weighted by Gasteiger charge is 2.42. The van der Waals surface area contributed by atoms with Crippen LogP contribution in [0.1, 0.15) is 44.6 Å². The molecule has 1 aromatic rings. The van der Waals surface area contributed by atoms with E-state index in [0.717, 1.165) is 37.9 Å². The van der Waals surface area contributed by atoms with Crippen molar-refractivity contribution in [1.82, 2.24) is 10.2 Å². The Bertz CT molecular complexity index is 551. The van der Waals surface area contributed by atoms with Gasteiger partial charge >= 0.3 is 5.97 Å². The van der Waals surface area contributed by atoms with E-state index in [9.17, 15) is 9.59 Å². The number of nitrogens with one attached hydrogen (secondary N) is 1. The maximum absolute atomic E-state index is 13.2. The van der Waals surface area contributed by atoms with Crippen molar-refractivity contribution in [3.63, 3.8) is 0 Å². The van der Waals surface area contributed by atoms with Crippen LogP contribution in [0.4, 0.5) is 0 Å². The molecule has 1 heterocycles. The number of aliphatic carboxylic acids is 1. The van der Waals surface area contributed by atoms with Crippen LogP contribution in [0.2, 0.25) is 0 Å². The van der Waals surface area contributed by atoms with Crippen LogP contribution in [0, 0.1) is 0 Å². The summed E-state index contributed by atoms with van der Waals surface area (Å²) in [6.45, 7) is 3.73. The van der Waals surface area contributed by atoms with Crippen molar-refractivity contribution < 1.29 is 14.7 Å². The van der Waals surface area contributed by atoms with Crippen molar-refractivity contribution in [1.29, 1.82) is 0 Å². The molecule has 24 heavy (non-hydrogen) atoms. The standard InChI is InChI=1S/C19H28N2O3/c1-3-7-16(14-17(22)23)20-18(24)19(10-12-21(2)13-11-19)15-8-5-4-6-9-15/h4-6,8-9,16H,3,7,10-14H2,1-2H3,(H,20,24)(H,22,23)/t16-/m1/s1. The second kappa shape index (κ2) is 8.29. The molecule has 1 atom stereocenters. The molecule has 0 aliphatic carbocycles. The fourth-order valence-corrected chi connectivity index (χ4v) is 3.51. The molecular weight excluding hydrogens is 304 g/mol. The Morgan fingerprint density at radius 1 is 1.25 bits per heavy atom. The number of nitrogens with zero attached hydrogens (tertiary/aromatic N) is 1. The molecule has 2 N–H and O–H groups in total. The number of carbonyl (C=O) groups excluding carboxylic acids is 1. The van der Waals surface area contributed by atoms with Crippen LogP contribution in [0.5, 0.6) is 0 Å². The number of carboxylic acid groups (broad SMARTS) is 1. The van der Waals surface area contributed by atoms with Crippen LogP contribution >= 0.6 is 0 Å². The first-order valence-electron chi connectivity index (χ1n) is 8.75. The van der Waals surface area contributed by atoms with E-state index in [0.29, 0.717) is 6.42 Å². The molecule has 1 aliphatic rings. The fourth-order valence-electron chi connectivity index (χ4n) is 3.51. The molecule has 0 saturated carbocycles. The average Bonchev–Trinajstić information content (AvgIpc) is 2.56. The lowest BCUT2D eigenvalue weighted by molar-refractivity contribution is -0.138. The molecule has 5 nitrogen and oxygen atoms in total. The zero-order valence-corrected chi connectivity index (χ0v) is 14.6. The van der Waals surface area contributed by atoms with Crippen molar-refractivity contribution in [2.45, 2.75) is 50.5 Å². The van der Waals surface area contributed by atoms with Crippen LogP contribution in [-0.4, -0.2) is 48.1 Å². The van der Waals surface area contributed by atoms with Crippen LogP contribution in [-0.2, 0) is 15.0 Å². The normalized spacial score (nSPS) is 18.8. The Morgan fingerprint density at radius 2 is 1.88 bits per heavy atom. The minimum Gasteiger partial charge on any atom is -0.481 e. The summed E-state index contributed by atoms with van der Waals surface area (Å²) >= 11 is 0. The van der Waals surface area contributed by atoms with Crippen molar-refractivity contribution >= 4 is 11.9 Å². The topological polar surface area (TPSA) is 69.6 Å². The zero-order chi connectivity index (χ0) is 17.6. The first kappa shape index (κ1) is 18.5. The number of carbonyl (C=O) groups is 2. The highest BCUT2D eigenvalue weighted by atomic mass is 16.4. The lowest BCUT2D eigenvalue weighted by Gasteiger charge is -2.40. The summed E-state index contributed by atoms with van der Waals surface area (Å²) in [5.41, 5.74) is 0.472. The third-order valence-electron chi connectivity index (χ3n) is 4.99. The van der Waals surface area contributed by atoms with Gasteiger partial charge in [-0.05, 0) is 45.0 Å². The molecule has 0 radical (unpaired) electrons.